The smallest absolute Gasteiger partial charge is 0.269 e. The van der Waals surface area contributed by atoms with Crippen molar-refractivity contribution in [2.45, 2.75) is 37.3 Å². The third kappa shape index (κ3) is 5.23. The molecule has 11 heteroatoms. The highest BCUT2D eigenvalue weighted by Crippen LogP contribution is 2.35. The van der Waals surface area contributed by atoms with Crippen molar-refractivity contribution in [1.29, 1.82) is 0 Å². The summed E-state index contributed by atoms with van der Waals surface area (Å²) in [5.74, 6) is 0.464. The number of β-amino-alcohol motifs (C(OH)–C–C–N with tert-alkyl or cyclic N) is 1. The van der Waals surface area contributed by atoms with Gasteiger partial charge < -0.3 is 9.84 Å². The molecule has 1 aliphatic rings. The van der Waals surface area contributed by atoms with E-state index in [0.717, 1.165) is 47.5 Å². The number of ether oxygens (including phenoxy) is 1. The van der Waals surface area contributed by atoms with Crippen molar-refractivity contribution in [2.75, 3.05) is 20.2 Å². The number of likely N-dealkylation sites (tertiary alicyclic amines) is 1. The van der Waals surface area contributed by atoms with Crippen molar-refractivity contribution < 1.29 is 18.3 Å². The topological polar surface area (TPSA) is 115 Å². The quantitative estimate of drug-likeness (QED) is 0.311. The lowest BCUT2D eigenvalue weighted by atomic mass is 10.1. The molecule has 41 heavy (non-hydrogen) atoms. The van der Waals surface area contributed by atoms with Crippen molar-refractivity contribution in [3.05, 3.63) is 78.4 Å². The number of hydrogen-bond acceptors (Lipinski definition) is 8. The van der Waals surface area contributed by atoms with Crippen LogP contribution in [-0.2, 0) is 23.6 Å². The molecule has 1 aromatic carbocycles. The molecular weight excluding hydrogens is 540 g/mol. The Morgan fingerprint density at radius 3 is 2.54 bits per heavy atom. The Labute approximate surface area is 238 Å². The van der Waals surface area contributed by atoms with Crippen LogP contribution in [0.5, 0.6) is 5.88 Å². The molecule has 1 unspecified atom stereocenters. The summed E-state index contributed by atoms with van der Waals surface area (Å²) >= 11 is 0. The van der Waals surface area contributed by atoms with Crippen LogP contribution in [0.15, 0.2) is 72.0 Å². The number of aromatic nitrogens is 5. The van der Waals surface area contributed by atoms with Crippen LogP contribution in [-0.4, -0.2) is 68.4 Å². The minimum absolute atomic E-state index is 0.183. The molecule has 0 aliphatic carbocycles. The Balaban J connectivity index is 1.45. The minimum Gasteiger partial charge on any atom is -0.481 e. The van der Waals surface area contributed by atoms with Crippen molar-refractivity contribution in [3.8, 4) is 28.3 Å². The third-order valence-electron chi connectivity index (χ3n) is 7.58. The van der Waals surface area contributed by atoms with E-state index >= 15 is 0 Å². The minimum atomic E-state index is -3.92. The number of nitrogens with zero attached hydrogens (tertiary/aromatic N) is 6. The zero-order valence-electron chi connectivity index (χ0n) is 23.2. The maximum absolute atomic E-state index is 13.8. The predicted molar refractivity (Wildman–Crippen MR) is 156 cm³/mol. The maximum atomic E-state index is 13.8. The molecule has 0 radical (unpaired) electrons. The first kappa shape index (κ1) is 27.1. The van der Waals surface area contributed by atoms with Crippen LogP contribution in [0, 0.1) is 6.92 Å². The van der Waals surface area contributed by atoms with E-state index in [4.69, 9.17) is 9.84 Å². The van der Waals surface area contributed by atoms with Crippen molar-refractivity contribution in [2.24, 2.45) is 7.05 Å². The highest BCUT2D eigenvalue weighted by atomic mass is 32.2. The van der Waals surface area contributed by atoms with E-state index in [1.807, 2.05) is 36.9 Å². The lowest BCUT2D eigenvalue weighted by molar-refractivity contribution is 0.0656. The summed E-state index contributed by atoms with van der Waals surface area (Å²) in [4.78, 5) is 11.4. The van der Waals surface area contributed by atoms with Gasteiger partial charge in [0.25, 0.3) is 10.0 Å². The van der Waals surface area contributed by atoms with Crippen LogP contribution >= 0.6 is 0 Å². The monoisotopic (exact) mass is 572 g/mol. The third-order valence-corrected chi connectivity index (χ3v) is 9.25. The molecular formula is C30H32N6O4S. The van der Waals surface area contributed by atoms with Gasteiger partial charge in [-0.15, -0.1) is 0 Å². The standard InChI is InChI=1S/C30H32N6O4S/c1-20-6-9-25(10-7-20)41(38,39)36-19-27(21-8-11-29(40-3)31-15-21)26-13-22(16-32-30(26)36)28-14-23(34(2)33-28)17-35-12-4-5-24(37)18-35/h6-11,13-16,19,24,37H,4-5,12,17-18H2,1-3H3. The summed E-state index contributed by atoms with van der Waals surface area (Å²) < 4.78 is 35.8. The SMILES string of the molecule is COc1ccc(-c2cn(S(=O)(=O)c3ccc(C)cc3)c3ncc(-c4cc(CN5CCCC(O)C5)n(C)n4)cc23)cn1. The Morgan fingerprint density at radius 1 is 1.05 bits per heavy atom. The molecule has 1 aliphatic heterocycles. The molecule has 1 N–H and O–H groups in total. The first-order chi connectivity index (χ1) is 19.7. The summed E-state index contributed by atoms with van der Waals surface area (Å²) in [5, 5.41) is 15.5. The molecule has 1 atom stereocenters. The van der Waals surface area contributed by atoms with E-state index in [1.165, 1.54) is 3.97 Å². The number of benzene rings is 1. The summed E-state index contributed by atoms with van der Waals surface area (Å²) in [7, 11) is -0.465. The van der Waals surface area contributed by atoms with Crippen molar-refractivity contribution in [1.82, 2.24) is 28.6 Å². The second kappa shape index (κ2) is 10.7. The van der Waals surface area contributed by atoms with Gasteiger partial charge in [0.1, 0.15) is 0 Å². The number of rotatable bonds is 7. The van der Waals surface area contributed by atoms with Crippen LogP contribution in [0.25, 0.3) is 33.4 Å². The fraction of sp³-hybridized carbons (Fsp3) is 0.300. The Morgan fingerprint density at radius 2 is 1.83 bits per heavy atom. The molecule has 6 rings (SSSR count). The first-order valence-corrected chi connectivity index (χ1v) is 14.9. The average Bonchev–Trinajstić information content (AvgIpc) is 3.54. The van der Waals surface area contributed by atoms with Gasteiger partial charge in [0, 0.05) is 66.9 Å². The normalized spacial score (nSPS) is 16.3. The summed E-state index contributed by atoms with van der Waals surface area (Å²) in [6.07, 6.45) is 6.44. The molecule has 4 aromatic heterocycles. The second-order valence-corrected chi connectivity index (χ2v) is 12.3. The number of fused-ring (bicyclic) bond motifs is 1. The number of aliphatic hydroxyl groups is 1. The van der Waals surface area contributed by atoms with Crippen LogP contribution in [0.1, 0.15) is 24.1 Å². The number of piperidine rings is 1. The maximum Gasteiger partial charge on any atom is 0.269 e. The molecule has 1 saturated heterocycles. The van der Waals surface area contributed by atoms with Crippen LogP contribution in [0.2, 0.25) is 0 Å². The number of methoxy groups -OCH3 is 1. The molecule has 5 aromatic rings. The molecule has 10 nitrogen and oxygen atoms in total. The fourth-order valence-corrected chi connectivity index (χ4v) is 6.64. The summed E-state index contributed by atoms with van der Waals surface area (Å²) in [6, 6.07) is 14.3. The van der Waals surface area contributed by atoms with Gasteiger partial charge in [-0.25, -0.2) is 22.4 Å². The van der Waals surface area contributed by atoms with E-state index in [2.05, 4.69) is 14.9 Å². The molecule has 1 fully saturated rings. The van der Waals surface area contributed by atoms with Gasteiger partial charge in [0.2, 0.25) is 5.88 Å². The lowest BCUT2D eigenvalue weighted by Gasteiger charge is -2.29. The van der Waals surface area contributed by atoms with Crippen LogP contribution in [0.4, 0.5) is 0 Å². The largest absolute Gasteiger partial charge is 0.481 e. The molecule has 0 saturated carbocycles. The Bertz CT molecular complexity index is 1810. The molecule has 0 spiro atoms. The van der Waals surface area contributed by atoms with Gasteiger partial charge in [-0.3, -0.25) is 9.58 Å². The number of pyridine rings is 2. The van der Waals surface area contributed by atoms with Crippen LogP contribution < -0.4 is 4.74 Å². The molecule has 0 bridgehead atoms. The number of aryl methyl sites for hydroxylation is 2. The fourth-order valence-electron chi connectivity index (χ4n) is 5.32. The highest BCUT2D eigenvalue weighted by molar-refractivity contribution is 7.90. The van der Waals surface area contributed by atoms with E-state index in [9.17, 15) is 13.5 Å². The Kier molecular flexibility index (Phi) is 7.10. The average molecular weight is 573 g/mol. The van der Waals surface area contributed by atoms with E-state index in [0.29, 0.717) is 35.6 Å². The van der Waals surface area contributed by atoms with Crippen LogP contribution in [0.3, 0.4) is 0 Å². The van der Waals surface area contributed by atoms with Crippen molar-refractivity contribution >= 4 is 21.1 Å². The van der Waals surface area contributed by atoms with Gasteiger partial charge in [-0.1, -0.05) is 17.7 Å². The molecule has 212 valence electrons. The number of hydrogen-bond donors (Lipinski definition) is 1. The van der Waals surface area contributed by atoms with E-state index in [1.54, 1.807) is 56.0 Å². The molecule has 0 amide bonds. The van der Waals surface area contributed by atoms with E-state index in [-0.39, 0.29) is 11.0 Å². The zero-order chi connectivity index (χ0) is 28.7. The molecule has 5 heterocycles. The highest BCUT2D eigenvalue weighted by Gasteiger charge is 2.24. The summed E-state index contributed by atoms with van der Waals surface area (Å²) in [6.45, 7) is 4.19. The van der Waals surface area contributed by atoms with Gasteiger partial charge in [-0.05, 0) is 56.6 Å². The van der Waals surface area contributed by atoms with E-state index < -0.39 is 10.0 Å². The summed E-state index contributed by atoms with van der Waals surface area (Å²) in [5.41, 5.74) is 5.23. The lowest BCUT2D eigenvalue weighted by Crippen LogP contribution is -2.38. The zero-order valence-corrected chi connectivity index (χ0v) is 24.0. The van der Waals surface area contributed by atoms with Gasteiger partial charge in [-0.2, -0.15) is 5.10 Å². The number of aliphatic hydroxyl groups excluding tert-OH is 1. The van der Waals surface area contributed by atoms with Crippen molar-refractivity contribution in [3.63, 3.8) is 0 Å². The first-order valence-electron chi connectivity index (χ1n) is 13.5. The van der Waals surface area contributed by atoms with Gasteiger partial charge in [0.05, 0.1) is 29.5 Å². The van der Waals surface area contributed by atoms with Gasteiger partial charge in [0.15, 0.2) is 5.65 Å². The van der Waals surface area contributed by atoms with Gasteiger partial charge >= 0.3 is 0 Å². The second-order valence-electron chi connectivity index (χ2n) is 10.5. The predicted octanol–water partition coefficient (Wildman–Crippen LogP) is 4.01. The Hall–Kier alpha value is -4.06.